The molecular weight excluding hydrogens is 473 g/mol. The molecule has 1 aliphatic carbocycles. The second-order valence-electron chi connectivity index (χ2n) is 9.57. The van der Waals surface area contributed by atoms with Gasteiger partial charge in [0.15, 0.2) is 0 Å². The van der Waals surface area contributed by atoms with Gasteiger partial charge in [0, 0.05) is 34.9 Å². The molecule has 0 fully saturated rings. The van der Waals surface area contributed by atoms with Crippen molar-refractivity contribution >= 4 is 11.5 Å². The second kappa shape index (κ2) is 9.98. The highest BCUT2D eigenvalue weighted by Crippen LogP contribution is 2.45. The molecule has 6 rings (SSSR count). The minimum Gasteiger partial charge on any atom is -0.492 e. The van der Waals surface area contributed by atoms with Crippen LogP contribution in [0.4, 0.5) is 4.39 Å². The molecule has 7 heteroatoms. The SMILES string of the molecule is COC(=O)CC1COc2cc(O[C@@H]3CCc4c(-c5cccnc5C5=CCOCC5)ccc(F)c43)ccc21. The topological polar surface area (TPSA) is 66.9 Å². The van der Waals surface area contributed by atoms with E-state index in [1.807, 2.05) is 30.3 Å². The molecule has 0 N–H and O–H groups in total. The number of halogens is 1. The summed E-state index contributed by atoms with van der Waals surface area (Å²) in [5, 5.41) is 0. The monoisotopic (exact) mass is 501 g/mol. The Kier molecular flexibility index (Phi) is 6.38. The van der Waals surface area contributed by atoms with Gasteiger partial charge in [-0.15, -0.1) is 0 Å². The number of carbonyl (C=O) groups is 1. The summed E-state index contributed by atoms with van der Waals surface area (Å²) in [7, 11) is 1.39. The molecule has 37 heavy (non-hydrogen) atoms. The number of ether oxygens (including phenoxy) is 4. The van der Waals surface area contributed by atoms with Crippen LogP contribution in [-0.2, 0) is 20.7 Å². The van der Waals surface area contributed by atoms with Gasteiger partial charge in [-0.3, -0.25) is 9.78 Å². The summed E-state index contributed by atoms with van der Waals surface area (Å²) in [6.45, 7) is 1.68. The lowest BCUT2D eigenvalue weighted by Crippen LogP contribution is -2.09. The van der Waals surface area contributed by atoms with E-state index in [-0.39, 0.29) is 24.1 Å². The molecule has 3 aromatic rings. The Hall–Kier alpha value is -3.71. The molecule has 6 nitrogen and oxygen atoms in total. The summed E-state index contributed by atoms with van der Waals surface area (Å²) in [5.41, 5.74) is 6.65. The molecule has 2 aromatic carbocycles. The smallest absolute Gasteiger partial charge is 0.306 e. The maximum absolute atomic E-state index is 15.2. The Morgan fingerprint density at radius 3 is 2.92 bits per heavy atom. The number of aromatic nitrogens is 1. The summed E-state index contributed by atoms with van der Waals surface area (Å²) in [4.78, 5) is 16.4. The van der Waals surface area contributed by atoms with Crippen molar-refractivity contribution in [2.45, 2.75) is 37.7 Å². The zero-order valence-electron chi connectivity index (χ0n) is 20.7. The van der Waals surface area contributed by atoms with Crippen molar-refractivity contribution < 1.29 is 28.1 Å². The number of methoxy groups -OCH3 is 1. The van der Waals surface area contributed by atoms with Gasteiger partial charge in [-0.05, 0) is 54.2 Å². The van der Waals surface area contributed by atoms with Crippen LogP contribution in [-0.4, -0.2) is 37.9 Å². The average Bonchev–Trinajstić information content (AvgIpc) is 3.54. The van der Waals surface area contributed by atoms with E-state index in [0.717, 1.165) is 39.9 Å². The number of fused-ring (bicyclic) bond motifs is 2. The van der Waals surface area contributed by atoms with E-state index >= 15 is 4.39 Å². The summed E-state index contributed by atoms with van der Waals surface area (Å²) < 4.78 is 37.7. The quantitative estimate of drug-likeness (QED) is 0.398. The highest BCUT2D eigenvalue weighted by atomic mass is 19.1. The van der Waals surface area contributed by atoms with Crippen molar-refractivity contribution in [1.29, 1.82) is 0 Å². The first-order chi connectivity index (χ1) is 18.1. The Labute approximate surface area is 215 Å². The molecule has 0 amide bonds. The molecule has 0 bridgehead atoms. The number of carbonyl (C=O) groups excluding carboxylic acids is 1. The van der Waals surface area contributed by atoms with Crippen molar-refractivity contribution in [3.8, 4) is 22.6 Å². The number of hydrogen-bond donors (Lipinski definition) is 0. The Balaban J connectivity index is 1.29. The molecule has 0 radical (unpaired) electrons. The van der Waals surface area contributed by atoms with Gasteiger partial charge in [-0.25, -0.2) is 4.39 Å². The largest absolute Gasteiger partial charge is 0.492 e. The van der Waals surface area contributed by atoms with Crippen molar-refractivity contribution in [3.05, 3.63) is 82.9 Å². The number of esters is 1. The first-order valence-corrected chi connectivity index (χ1v) is 12.7. The number of benzene rings is 2. The summed E-state index contributed by atoms with van der Waals surface area (Å²) in [6.07, 6.45) is 5.95. The minimum absolute atomic E-state index is 0.0387. The van der Waals surface area contributed by atoms with E-state index < -0.39 is 6.10 Å². The van der Waals surface area contributed by atoms with Gasteiger partial charge in [-0.2, -0.15) is 0 Å². The van der Waals surface area contributed by atoms with Gasteiger partial charge in [0.1, 0.15) is 23.4 Å². The van der Waals surface area contributed by atoms with Gasteiger partial charge in [0.25, 0.3) is 0 Å². The van der Waals surface area contributed by atoms with E-state index in [2.05, 4.69) is 17.1 Å². The number of rotatable bonds is 6. The number of hydrogen-bond acceptors (Lipinski definition) is 6. The molecule has 1 unspecified atom stereocenters. The highest BCUT2D eigenvalue weighted by molar-refractivity contribution is 5.82. The molecular formula is C30H28FNO5. The van der Waals surface area contributed by atoms with Crippen LogP contribution in [0.25, 0.3) is 16.7 Å². The maximum Gasteiger partial charge on any atom is 0.306 e. The molecule has 0 saturated heterocycles. The normalized spacial score (nSPS) is 20.0. The van der Waals surface area contributed by atoms with Crippen LogP contribution in [0.5, 0.6) is 11.5 Å². The summed E-state index contributed by atoms with van der Waals surface area (Å²) >= 11 is 0. The van der Waals surface area contributed by atoms with Gasteiger partial charge in [0.05, 0.1) is 39.0 Å². The van der Waals surface area contributed by atoms with Crippen LogP contribution >= 0.6 is 0 Å². The van der Waals surface area contributed by atoms with E-state index in [1.54, 1.807) is 6.20 Å². The van der Waals surface area contributed by atoms with Gasteiger partial charge >= 0.3 is 5.97 Å². The minimum atomic E-state index is -0.400. The van der Waals surface area contributed by atoms with Crippen LogP contribution in [0.2, 0.25) is 0 Å². The first-order valence-electron chi connectivity index (χ1n) is 12.7. The van der Waals surface area contributed by atoms with E-state index in [0.29, 0.717) is 49.7 Å². The molecule has 2 atom stereocenters. The predicted molar refractivity (Wildman–Crippen MR) is 136 cm³/mol. The standard InChI is InChI=1S/C30H28FNO5/c1-34-28(33)15-19-17-36-27-16-20(4-5-21(19)27)37-26-9-7-23-22(6-8-25(31)29(23)26)24-3-2-12-32-30(24)18-10-13-35-14-11-18/h2-6,8,10,12,16,19,26H,7,9,11,13-15,17H2,1H3/t19?,26-/m1/s1. The van der Waals surface area contributed by atoms with Crippen LogP contribution in [0.15, 0.2) is 54.7 Å². The molecule has 3 aliphatic rings. The summed E-state index contributed by atoms with van der Waals surface area (Å²) in [5.74, 6) is 0.759. The third-order valence-corrected chi connectivity index (χ3v) is 7.43. The van der Waals surface area contributed by atoms with Crippen LogP contribution in [0.1, 0.15) is 53.7 Å². The van der Waals surface area contributed by atoms with Crippen molar-refractivity contribution in [3.63, 3.8) is 0 Å². The van der Waals surface area contributed by atoms with E-state index in [1.165, 1.54) is 13.2 Å². The van der Waals surface area contributed by atoms with Gasteiger partial charge in [-0.1, -0.05) is 24.3 Å². The van der Waals surface area contributed by atoms with E-state index in [4.69, 9.17) is 18.9 Å². The molecule has 3 heterocycles. The zero-order valence-corrected chi connectivity index (χ0v) is 20.7. The lowest BCUT2D eigenvalue weighted by atomic mass is 9.92. The van der Waals surface area contributed by atoms with Crippen LogP contribution in [0, 0.1) is 5.82 Å². The van der Waals surface area contributed by atoms with Gasteiger partial charge < -0.3 is 18.9 Å². The fourth-order valence-corrected chi connectivity index (χ4v) is 5.61. The predicted octanol–water partition coefficient (Wildman–Crippen LogP) is 5.80. The zero-order chi connectivity index (χ0) is 25.4. The lowest BCUT2D eigenvalue weighted by Gasteiger charge is -2.19. The third kappa shape index (κ3) is 4.48. The number of nitrogens with zero attached hydrogens (tertiary/aromatic N) is 1. The first kappa shape index (κ1) is 23.7. The molecule has 0 saturated carbocycles. The Bertz CT molecular complexity index is 1380. The lowest BCUT2D eigenvalue weighted by molar-refractivity contribution is -0.141. The summed E-state index contributed by atoms with van der Waals surface area (Å²) in [6, 6.07) is 13.0. The molecule has 0 spiro atoms. The highest BCUT2D eigenvalue weighted by Gasteiger charge is 2.32. The van der Waals surface area contributed by atoms with Gasteiger partial charge in [0.2, 0.25) is 0 Å². The average molecular weight is 502 g/mol. The molecule has 190 valence electrons. The fraction of sp³-hybridized carbons (Fsp3) is 0.333. The third-order valence-electron chi connectivity index (χ3n) is 7.43. The maximum atomic E-state index is 15.2. The van der Waals surface area contributed by atoms with E-state index in [9.17, 15) is 4.79 Å². The van der Waals surface area contributed by atoms with Crippen molar-refractivity contribution in [2.75, 3.05) is 26.9 Å². The Morgan fingerprint density at radius 2 is 2.08 bits per heavy atom. The number of pyridine rings is 1. The Morgan fingerprint density at radius 1 is 1.16 bits per heavy atom. The van der Waals surface area contributed by atoms with Crippen molar-refractivity contribution in [2.24, 2.45) is 0 Å². The van der Waals surface area contributed by atoms with Crippen LogP contribution < -0.4 is 9.47 Å². The second-order valence-corrected chi connectivity index (χ2v) is 9.57. The fourth-order valence-electron chi connectivity index (χ4n) is 5.61. The van der Waals surface area contributed by atoms with Crippen molar-refractivity contribution in [1.82, 2.24) is 4.98 Å². The molecule has 1 aromatic heterocycles. The molecule has 2 aliphatic heterocycles. The van der Waals surface area contributed by atoms with Crippen LogP contribution in [0.3, 0.4) is 0 Å².